The molecule has 1 aliphatic rings. The molecule has 1 aliphatic heterocycles. The summed E-state index contributed by atoms with van der Waals surface area (Å²) in [6, 6.07) is 27.6. The number of aromatic amines is 1. The molecule has 0 saturated carbocycles. The van der Waals surface area contributed by atoms with Gasteiger partial charge in [-0.1, -0.05) is 60.2 Å². The lowest BCUT2D eigenvalue weighted by Crippen LogP contribution is -2.27. The number of aromatic nitrogens is 1. The number of H-pyrrole nitrogens is 1. The lowest BCUT2D eigenvalue weighted by atomic mass is 9.93. The summed E-state index contributed by atoms with van der Waals surface area (Å²) >= 11 is 1.76. The first-order valence-corrected chi connectivity index (χ1v) is 10.7. The smallest absolute Gasteiger partial charge is 0.232 e. The lowest BCUT2D eigenvalue weighted by molar-refractivity contribution is -0.127. The van der Waals surface area contributed by atoms with Gasteiger partial charge in [0.1, 0.15) is 0 Å². The van der Waals surface area contributed by atoms with Crippen molar-refractivity contribution in [1.82, 2.24) is 4.98 Å². The highest BCUT2D eigenvalue weighted by Crippen LogP contribution is 2.44. The predicted octanol–water partition coefficient (Wildman–Crippen LogP) is 5.81. The van der Waals surface area contributed by atoms with Gasteiger partial charge >= 0.3 is 0 Å². The monoisotopic (exact) mass is 401 g/mol. The molecule has 0 aliphatic carbocycles. The van der Waals surface area contributed by atoms with Crippen molar-refractivity contribution in [2.24, 2.45) is 0 Å². The number of nitrogens with one attached hydrogen (secondary N) is 1. The average molecular weight is 402 g/mol. The fourth-order valence-corrected chi connectivity index (χ4v) is 5.26. The Hall–Kier alpha value is -2.66. The molecule has 0 bridgehead atoms. The van der Waals surface area contributed by atoms with Gasteiger partial charge in [0.2, 0.25) is 5.79 Å². The first-order valence-electron chi connectivity index (χ1n) is 9.90. The molecule has 29 heavy (non-hydrogen) atoms. The van der Waals surface area contributed by atoms with Gasteiger partial charge in [-0.05, 0) is 36.8 Å². The summed E-state index contributed by atoms with van der Waals surface area (Å²) in [5.74, 6) is -0.656. The van der Waals surface area contributed by atoms with E-state index in [-0.39, 0.29) is 5.92 Å². The Kier molecular flexibility index (Phi) is 4.84. The molecular formula is C25H23NO2S. The Labute approximate surface area is 174 Å². The summed E-state index contributed by atoms with van der Waals surface area (Å²) in [6.45, 7) is 3.31. The van der Waals surface area contributed by atoms with Gasteiger partial charge in [0.15, 0.2) is 0 Å². The minimum Gasteiger partial charge on any atom is -0.364 e. The Morgan fingerprint density at radius 3 is 2.31 bits per heavy atom. The van der Waals surface area contributed by atoms with Crippen LogP contribution in [0.5, 0.6) is 0 Å². The Bertz CT molecular complexity index is 1060. The Morgan fingerprint density at radius 1 is 0.862 bits per heavy atom. The maximum absolute atomic E-state index is 6.20. The Morgan fingerprint density at radius 2 is 1.62 bits per heavy atom. The zero-order chi connectivity index (χ0) is 19.7. The van der Waals surface area contributed by atoms with Gasteiger partial charge in [0.05, 0.1) is 24.0 Å². The van der Waals surface area contributed by atoms with Crippen molar-refractivity contribution < 1.29 is 9.47 Å². The number of hydrogen-bond donors (Lipinski definition) is 1. The van der Waals surface area contributed by atoms with Crippen molar-refractivity contribution in [3.8, 4) is 0 Å². The van der Waals surface area contributed by atoms with Gasteiger partial charge in [-0.25, -0.2) is 0 Å². The fourth-order valence-electron chi connectivity index (χ4n) is 3.99. The van der Waals surface area contributed by atoms with E-state index in [9.17, 15) is 0 Å². The highest BCUT2D eigenvalue weighted by atomic mass is 32.1. The largest absolute Gasteiger partial charge is 0.364 e. The van der Waals surface area contributed by atoms with Crippen LogP contribution in [0, 0.1) is 6.92 Å². The Balaban J connectivity index is 1.59. The first kappa shape index (κ1) is 18.4. The number of benzene rings is 2. The number of ether oxygens (including phenoxy) is 2. The number of hydrogen-bond acceptors (Lipinski definition) is 3. The zero-order valence-electron chi connectivity index (χ0n) is 16.3. The summed E-state index contributed by atoms with van der Waals surface area (Å²) in [5.41, 5.74) is 4.76. The third-order valence-corrected chi connectivity index (χ3v) is 6.66. The second-order valence-electron chi connectivity index (χ2n) is 7.35. The highest BCUT2D eigenvalue weighted by Gasteiger charge is 2.42. The first-order chi connectivity index (χ1) is 14.3. The maximum atomic E-state index is 6.20. The molecule has 3 heterocycles. The predicted molar refractivity (Wildman–Crippen MR) is 116 cm³/mol. The SMILES string of the molecule is Cc1ccc(C(c2ccc[nH]2)c2ccc(C3(c4ccccc4)OCCO3)s2)cc1. The molecule has 1 atom stereocenters. The van der Waals surface area contributed by atoms with E-state index >= 15 is 0 Å². The molecule has 5 rings (SSSR count). The molecule has 2 aromatic carbocycles. The van der Waals surface area contributed by atoms with Crippen LogP contribution in [0.4, 0.5) is 0 Å². The van der Waals surface area contributed by atoms with Crippen molar-refractivity contribution in [3.05, 3.63) is 117 Å². The van der Waals surface area contributed by atoms with Gasteiger partial charge in [0.25, 0.3) is 0 Å². The standard InChI is InChI=1S/C25H23NO2S/c1-18-9-11-19(12-10-18)24(21-8-5-15-26-21)22-13-14-23(29-22)25(27-16-17-28-25)20-6-3-2-4-7-20/h2-15,24,26H,16-17H2,1H3. The van der Waals surface area contributed by atoms with Crippen molar-refractivity contribution in [2.45, 2.75) is 18.6 Å². The summed E-state index contributed by atoms with van der Waals surface area (Å²) in [6.07, 6.45) is 1.99. The van der Waals surface area contributed by atoms with E-state index in [1.807, 2.05) is 24.4 Å². The van der Waals surface area contributed by atoms with Crippen LogP contribution in [0.1, 0.15) is 38.1 Å². The normalized spacial score (nSPS) is 16.7. The molecule has 1 saturated heterocycles. The van der Waals surface area contributed by atoms with E-state index < -0.39 is 5.79 Å². The van der Waals surface area contributed by atoms with Gasteiger partial charge in [0, 0.05) is 22.3 Å². The molecule has 4 aromatic rings. The van der Waals surface area contributed by atoms with Crippen LogP contribution in [0.15, 0.2) is 85.1 Å². The summed E-state index contributed by atoms with van der Waals surface area (Å²) in [5, 5.41) is 0. The molecule has 0 amide bonds. The fraction of sp³-hybridized carbons (Fsp3) is 0.200. The summed E-state index contributed by atoms with van der Waals surface area (Å²) < 4.78 is 12.4. The molecule has 1 fully saturated rings. The molecule has 146 valence electrons. The molecule has 1 N–H and O–H groups in total. The van der Waals surface area contributed by atoms with Crippen LogP contribution in [-0.2, 0) is 15.3 Å². The zero-order valence-corrected chi connectivity index (χ0v) is 17.1. The number of aryl methyl sites for hydroxylation is 1. The molecule has 0 spiro atoms. The van der Waals surface area contributed by atoms with Gasteiger partial charge < -0.3 is 14.5 Å². The van der Waals surface area contributed by atoms with Crippen LogP contribution in [0.25, 0.3) is 0 Å². The van der Waals surface area contributed by atoms with E-state index in [2.05, 4.69) is 72.6 Å². The molecule has 2 aromatic heterocycles. The summed E-state index contributed by atoms with van der Waals surface area (Å²) in [7, 11) is 0. The molecule has 3 nitrogen and oxygen atoms in total. The quantitative estimate of drug-likeness (QED) is 0.458. The van der Waals surface area contributed by atoms with E-state index in [4.69, 9.17) is 9.47 Å². The van der Waals surface area contributed by atoms with Crippen molar-refractivity contribution in [1.29, 1.82) is 0 Å². The van der Waals surface area contributed by atoms with Crippen molar-refractivity contribution in [2.75, 3.05) is 13.2 Å². The van der Waals surface area contributed by atoms with E-state index in [1.165, 1.54) is 21.7 Å². The third kappa shape index (κ3) is 3.33. The molecule has 0 radical (unpaired) electrons. The second kappa shape index (κ2) is 7.64. The van der Waals surface area contributed by atoms with E-state index in [0.717, 1.165) is 10.4 Å². The minimum absolute atomic E-state index is 0.151. The third-order valence-electron chi connectivity index (χ3n) is 5.43. The highest BCUT2D eigenvalue weighted by molar-refractivity contribution is 7.12. The van der Waals surface area contributed by atoms with Crippen LogP contribution in [0.2, 0.25) is 0 Å². The van der Waals surface area contributed by atoms with Gasteiger partial charge in [-0.15, -0.1) is 11.3 Å². The molecule has 1 unspecified atom stereocenters. The van der Waals surface area contributed by atoms with E-state index in [0.29, 0.717) is 13.2 Å². The second-order valence-corrected chi connectivity index (χ2v) is 8.47. The van der Waals surface area contributed by atoms with Crippen molar-refractivity contribution >= 4 is 11.3 Å². The number of rotatable bonds is 5. The van der Waals surface area contributed by atoms with E-state index in [1.54, 1.807) is 11.3 Å². The van der Waals surface area contributed by atoms with Crippen LogP contribution in [-0.4, -0.2) is 18.2 Å². The topological polar surface area (TPSA) is 34.2 Å². The summed E-state index contributed by atoms with van der Waals surface area (Å²) in [4.78, 5) is 5.76. The van der Waals surface area contributed by atoms with Crippen LogP contribution >= 0.6 is 11.3 Å². The van der Waals surface area contributed by atoms with Gasteiger partial charge in [-0.3, -0.25) is 0 Å². The molecular weight excluding hydrogens is 378 g/mol. The van der Waals surface area contributed by atoms with Crippen LogP contribution < -0.4 is 0 Å². The lowest BCUT2D eigenvalue weighted by Gasteiger charge is -2.26. The number of thiophene rings is 1. The maximum Gasteiger partial charge on any atom is 0.232 e. The van der Waals surface area contributed by atoms with Crippen molar-refractivity contribution in [3.63, 3.8) is 0 Å². The van der Waals surface area contributed by atoms with Crippen LogP contribution in [0.3, 0.4) is 0 Å². The minimum atomic E-state index is -0.808. The average Bonchev–Trinajstić information content (AvgIpc) is 3.53. The van der Waals surface area contributed by atoms with Gasteiger partial charge in [-0.2, -0.15) is 0 Å². The molecule has 4 heteroatoms.